The van der Waals surface area contributed by atoms with Crippen LogP contribution in [-0.4, -0.2) is 22.9 Å². The second-order valence-electron chi connectivity index (χ2n) is 6.33. The average Bonchev–Trinajstić information content (AvgIpc) is 3.30. The third-order valence-electron chi connectivity index (χ3n) is 4.36. The van der Waals surface area contributed by atoms with Gasteiger partial charge < -0.3 is 9.52 Å². The third-order valence-corrected chi connectivity index (χ3v) is 5.10. The molecule has 2 heterocycles. The fourth-order valence-corrected chi connectivity index (χ4v) is 3.19. The van der Waals surface area contributed by atoms with Crippen molar-refractivity contribution in [2.75, 3.05) is 5.01 Å². The highest BCUT2D eigenvalue weighted by Gasteiger charge is 2.35. The third kappa shape index (κ3) is 3.68. The van der Waals surface area contributed by atoms with E-state index in [-0.39, 0.29) is 21.9 Å². The Hall–Kier alpha value is -3.55. The molecule has 0 aliphatic carbocycles. The number of carbonyl (C=O) groups excluding carboxylic acids is 2. The molecule has 2 N–H and O–H groups in total. The molecule has 150 valence electrons. The normalized spacial score (nSPS) is 15.0. The number of aromatic carboxylic acids is 1. The van der Waals surface area contributed by atoms with Crippen molar-refractivity contribution in [3.8, 4) is 11.3 Å². The number of anilines is 1. The second-order valence-corrected chi connectivity index (χ2v) is 7.14. The molecule has 2 aromatic carbocycles. The zero-order valence-corrected chi connectivity index (χ0v) is 16.6. The van der Waals surface area contributed by atoms with Gasteiger partial charge in [-0.05, 0) is 48.5 Å². The summed E-state index contributed by atoms with van der Waals surface area (Å²) >= 11 is 11.9. The predicted molar refractivity (Wildman–Crippen MR) is 111 cm³/mol. The summed E-state index contributed by atoms with van der Waals surface area (Å²) in [7, 11) is 0. The van der Waals surface area contributed by atoms with Gasteiger partial charge in [-0.2, -0.15) is 0 Å². The summed E-state index contributed by atoms with van der Waals surface area (Å²) in [6, 6.07) is 14.0. The maximum atomic E-state index is 12.7. The summed E-state index contributed by atoms with van der Waals surface area (Å²) in [4.78, 5) is 36.2. The van der Waals surface area contributed by atoms with Gasteiger partial charge in [0, 0.05) is 5.56 Å². The molecule has 2 amide bonds. The number of carboxylic acid groups (broad SMARTS) is 1. The van der Waals surface area contributed by atoms with Crippen LogP contribution in [0, 0.1) is 0 Å². The predicted octanol–water partition coefficient (Wildman–Crippen LogP) is 4.41. The maximum Gasteiger partial charge on any atom is 0.335 e. The number of furan rings is 1. The summed E-state index contributed by atoms with van der Waals surface area (Å²) in [5.41, 5.74) is 3.37. The quantitative estimate of drug-likeness (QED) is 0.460. The lowest BCUT2D eigenvalue weighted by Gasteiger charge is -2.15. The molecule has 0 unspecified atom stereocenters. The number of hydrogen-bond acceptors (Lipinski definition) is 4. The van der Waals surface area contributed by atoms with Gasteiger partial charge in [-0.25, -0.2) is 9.80 Å². The lowest BCUT2D eigenvalue weighted by Crippen LogP contribution is -2.35. The Bertz CT molecular complexity index is 1230. The van der Waals surface area contributed by atoms with E-state index in [4.69, 9.17) is 32.7 Å². The Morgan fingerprint density at radius 2 is 1.83 bits per heavy atom. The SMILES string of the molecule is O=C1NN(c2ccc(Cl)c(Cl)c2)C(=O)/C1=C/c1ccc(-c2cccc(C(=O)O)c2)o1. The molecule has 7 nitrogen and oxygen atoms in total. The molecule has 3 aromatic rings. The molecule has 1 aromatic heterocycles. The number of carbonyl (C=O) groups is 3. The van der Waals surface area contributed by atoms with Gasteiger partial charge in [0.15, 0.2) is 0 Å². The van der Waals surface area contributed by atoms with Crippen molar-refractivity contribution in [2.24, 2.45) is 0 Å². The van der Waals surface area contributed by atoms with Crippen molar-refractivity contribution in [2.45, 2.75) is 0 Å². The molecular formula is C21H12Cl2N2O5. The van der Waals surface area contributed by atoms with E-state index in [2.05, 4.69) is 5.43 Å². The minimum Gasteiger partial charge on any atom is -0.478 e. The van der Waals surface area contributed by atoms with Crippen molar-refractivity contribution >= 4 is 52.7 Å². The molecule has 1 fully saturated rings. The number of rotatable bonds is 4. The van der Waals surface area contributed by atoms with Crippen LogP contribution < -0.4 is 10.4 Å². The van der Waals surface area contributed by atoms with Crippen LogP contribution in [0.1, 0.15) is 16.1 Å². The first-order valence-corrected chi connectivity index (χ1v) is 9.35. The fraction of sp³-hybridized carbons (Fsp3) is 0. The second kappa shape index (κ2) is 7.70. The van der Waals surface area contributed by atoms with E-state index in [1.165, 1.54) is 30.3 Å². The fourth-order valence-electron chi connectivity index (χ4n) is 2.90. The van der Waals surface area contributed by atoms with E-state index in [9.17, 15) is 14.4 Å². The van der Waals surface area contributed by atoms with Gasteiger partial charge in [0.2, 0.25) is 0 Å². The summed E-state index contributed by atoms with van der Waals surface area (Å²) in [5, 5.41) is 10.8. The molecule has 0 atom stereocenters. The zero-order valence-electron chi connectivity index (χ0n) is 15.1. The Balaban J connectivity index is 1.62. The van der Waals surface area contributed by atoms with Gasteiger partial charge >= 0.3 is 5.97 Å². The number of hydrazine groups is 1. The highest BCUT2D eigenvalue weighted by Crippen LogP contribution is 2.30. The van der Waals surface area contributed by atoms with Crippen molar-refractivity contribution < 1.29 is 23.9 Å². The summed E-state index contributed by atoms with van der Waals surface area (Å²) in [5.74, 6) is -1.57. The molecule has 9 heteroatoms. The van der Waals surface area contributed by atoms with E-state index in [1.807, 2.05) is 0 Å². The zero-order chi connectivity index (χ0) is 21.4. The highest BCUT2D eigenvalue weighted by molar-refractivity contribution is 6.42. The summed E-state index contributed by atoms with van der Waals surface area (Å²) in [6.45, 7) is 0. The molecular weight excluding hydrogens is 431 g/mol. The molecule has 0 bridgehead atoms. The van der Waals surface area contributed by atoms with Crippen LogP contribution in [0.3, 0.4) is 0 Å². The highest BCUT2D eigenvalue weighted by atomic mass is 35.5. The van der Waals surface area contributed by atoms with Crippen LogP contribution in [0.2, 0.25) is 10.0 Å². The molecule has 0 radical (unpaired) electrons. The van der Waals surface area contributed by atoms with Crippen LogP contribution in [0.5, 0.6) is 0 Å². The van der Waals surface area contributed by atoms with Crippen LogP contribution >= 0.6 is 23.2 Å². The molecule has 1 aliphatic heterocycles. The van der Waals surface area contributed by atoms with E-state index >= 15 is 0 Å². The number of benzene rings is 2. The number of nitrogens with one attached hydrogen (secondary N) is 1. The Kier molecular flexibility index (Phi) is 5.07. The number of halogens is 2. The van der Waals surface area contributed by atoms with Crippen LogP contribution in [0.25, 0.3) is 17.4 Å². The number of carboxylic acids is 1. The van der Waals surface area contributed by atoms with Gasteiger partial charge in [0.1, 0.15) is 17.1 Å². The van der Waals surface area contributed by atoms with Crippen LogP contribution in [-0.2, 0) is 9.59 Å². The van der Waals surface area contributed by atoms with Gasteiger partial charge in [0.05, 0.1) is 21.3 Å². The number of hydrogen-bond donors (Lipinski definition) is 2. The van der Waals surface area contributed by atoms with E-state index in [0.717, 1.165) is 5.01 Å². The van der Waals surface area contributed by atoms with Gasteiger partial charge in [-0.3, -0.25) is 15.0 Å². The van der Waals surface area contributed by atoms with Gasteiger partial charge in [0.25, 0.3) is 11.8 Å². The first-order chi connectivity index (χ1) is 14.3. The Morgan fingerprint density at radius 1 is 1.03 bits per heavy atom. The number of amides is 2. The minimum atomic E-state index is -1.05. The van der Waals surface area contributed by atoms with Gasteiger partial charge in [-0.1, -0.05) is 35.3 Å². The molecule has 0 saturated carbocycles. The molecule has 1 aliphatic rings. The monoisotopic (exact) mass is 442 g/mol. The molecule has 1 saturated heterocycles. The Labute approximate surface area is 180 Å². The summed E-state index contributed by atoms with van der Waals surface area (Å²) < 4.78 is 5.68. The lowest BCUT2D eigenvalue weighted by atomic mass is 10.1. The largest absolute Gasteiger partial charge is 0.478 e. The van der Waals surface area contributed by atoms with Crippen LogP contribution in [0.4, 0.5) is 5.69 Å². The topological polar surface area (TPSA) is 99.9 Å². The average molecular weight is 443 g/mol. The first-order valence-electron chi connectivity index (χ1n) is 8.59. The van der Waals surface area contributed by atoms with E-state index in [1.54, 1.807) is 30.3 Å². The van der Waals surface area contributed by atoms with E-state index < -0.39 is 17.8 Å². The maximum absolute atomic E-state index is 12.7. The lowest BCUT2D eigenvalue weighted by molar-refractivity contribution is -0.117. The summed E-state index contributed by atoms with van der Waals surface area (Å²) in [6.07, 6.45) is 1.32. The van der Waals surface area contributed by atoms with Gasteiger partial charge in [-0.15, -0.1) is 0 Å². The van der Waals surface area contributed by atoms with Crippen molar-refractivity contribution in [1.29, 1.82) is 0 Å². The molecule has 0 spiro atoms. The minimum absolute atomic E-state index is 0.117. The van der Waals surface area contributed by atoms with Crippen molar-refractivity contribution in [1.82, 2.24) is 5.43 Å². The van der Waals surface area contributed by atoms with Crippen LogP contribution in [0.15, 0.2) is 64.6 Å². The van der Waals surface area contributed by atoms with Crippen molar-refractivity contribution in [3.05, 3.63) is 81.5 Å². The molecule has 4 rings (SSSR count). The Morgan fingerprint density at radius 3 is 2.57 bits per heavy atom. The first kappa shape index (κ1) is 19.8. The molecule has 30 heavy (non-hydrogen) atoms. The standard InChI is InChI=1S/C21H12Cl2N2O5/c22-16-6-4-13(9-17(16)23)25-20(27)15(19(26)24-25)10-14-5-7-18(30-14)11-2-1-3-12(8-11)21(28)29/h1-10H,(H,24,26)(H,28,29)/b15-10+. The van der Waals surface area contributed by atoms with E-state index in [0.29, 0.717) is 22.0 Å². The number of nitrogens with zero attached hydrogens (tertiary/aromatic N) is 1. The van der Waals surface area contributed by atoms with Crippen molar-refractivity contribution in [3.63, 3.8) is 0 Å². The smallest absolute Gasteiger partial charge is 0.335 e.